The molecular weight excluding hydrogens is 526 g/mol. The molecule has 0 N–H and O–H groups in total. The number of nitrogens with zero attached hydrogens (tertiary/aromatic N) is 5. The van der Waals surface area contributed by atoms with Crippen molar-refractivity contribution in [3.05, 3.63) is 70.1 Å². The van der Waals surface area contributed by atoms with Crippen molar-refractivity contribution in [2.45, 2.75) is 44.1 Å². The van der Waals surface area contributed by atoms with Crippen molar-refractivity contribution in [1.29, 1.82) is 0 Å². The van der Waals surface area contributed by atoms with Gasteiger partial charge in [-0.15, -0.1) is 0 Å². The molecule has 0 spiro atoms. The van der Waals surface area contributed by atoms with E-state index >= 15 is 0 Å². The number of halogens is 5. The van der Waals surface area contributed by atoms with Gasteiger partial charge < -0.3 is 14.2 Å². The number of ether oxygens (including phenoxy) is 1. The van der Waals surface area contributed by atoms with Crippen molar-refractivity contribution in [2.24, 2.45) is 0 Å². The lowest BCUT2D eigenvalue weighted by atomic mass is 10.1. The number of rotatable bonds is 4. The van der Waals surface area contributed by atoms with E-state index in [9.17, 15) is 13.2 Å². The fourth-order valence-electron chi connectivity index (χ4n) is 5.38. The molecule has 1 saturated heterocycles. The van der Waals surface area contributed by atoms with E-state index in [-0.39, 0.29) is 17.3 Å². The molecule has 1 aromatic carbocycles. The Morgan fingerprint density at radius 3 is 2.59 bits per heavy atom. The van der Waals surface area contributed by atoms with Gasteiger partial charge in [0.25, 0.3) is 0 Å². The Kier molecular flexibility index (Phi) is 6.25. The maximum atomic E-state index is 13.2. The van der Waals surface area contributed by atoms with Crippen LogP contribution < -0.4 is 4.90 Å². The van der Waals surface area contributed by atoms with E-state index in [1.807, 2.05) is 4.57 Å². The number of imidazole rings is 1. The third-order valence-corrected chi connectivity index (χ3v) is 7.41. The summed E-state index contributed by atoms with van der Waals surface area (Å²) in [4.78, 5) is 16.1. The second-order valence-electron chi connectivity index (χ2n) is 9.35. The van der Waals surface area contributed by atoms with Gasteiger partial charge in [-0.2, -0.15) is 13.2 Å². The predicted molar refractivity (Wildman–Crippen MR) is 136 cm³/mol. The van der Waals surface area contributed by atoms with Crippen LogP contribution in [0.15, 0.2) is 48.8 Å². The van der Waals surface area contributed by atoms with Gasteiger partial charge >= 0.3 is 6.18 Å². The van der Waals surface area contributed by atoms with Crippen LogP contribution in [0, 0.1) is 0 Å². The summed E-state index contributed by atoms with van der Waals surface area (Å²) in [7, 11) is 0. The fourth-order valence-corrected chi connectivity index (χ4v) is 5.74. The molecule has 4 heterocycles. The Hall–Kier alpha value is -2.88. The van der Waals surface area contributed by atoms with Gasteiger partial charge in [-0.3, -0.25) is 4.98 Å². The molecule has 2 fully saturated rings. The highest BCUT2D eigenvalue weighted by Crippen LogP contribution is 2.38. The van der Waals surface area contributed by atoms with E-state index in [1.54, 1.807) is 18.3 Å². The van der Waals surface area contributed by atoms with Gasteiger partial charge in [0.2, 0.25) is 5.95 Å². The highest BCUT2D eigenvalue weighted by Gasteiger charge is 2.38. The zero-order chi connectivity index (χ0) is 25.7. The molecule has 1 aliphatic heterocycles. The maximum absolute atomic E-state index is 13.2. The predicted octanol–water partition coefficient (Wildman–Crippen LogP) is 6.62. The van der Waals surface area contributed by atoms with Crippen LogP contribution in [0.5, 0.6) is 0 Å². The summed E-state index contributed by atoms with van der Waals surface area (Å²) in [6.45, 7) is 1.53. The Balaban J connectivity index is 1.53. The summed E-state index contributed by atoms with van der Waals surface area (Å²) < 4.78 is 47.6. The second-order valence-corrected chi connectivity index (χ2v) is 10.2. The van der Waals surface area contributed by atoms with Gasteiger partial charge in [0.15, 0.2) is 0 Å². The van der Waals surface area contributed by atoms with Gasteiger partial charge in [0, 0.05) is 30.6 Å². The van der Waals surface area contributed by atoms with Crippen molar-refractivity contribution in [3.63, 3.8) is 0 Å². The van der Waals surface area contributed by atoms with Crippen LogP contribution in [0.3, 0.4) is 0 Å². The van der Waals surface area contributed by atoms with E-state index in [4.69, 9.17) is 32.9 Å². The third-order valence-electron chi connectivity index (χ3n) is 7.01. The molecule has 6 rings (SSSR count). The first-order chi connectivity index (χ1) is 17.8. The Bertz CT molecular complexity index is 1460. The molecular formula is C26H22Cl2F3N5O. The number of pyridine rings is 2. The quantitative estimate of drug-likeness (QED) is 0.268. The number of fused-ring (bicyclic) bond motifs is 2. The van der Waals surface area contributed by atoms with Crippen molar-refractivity contribution in [2.75, 3.05) is 18.1 Å². The molecule has 11 heteroatoms. The van der Waals surface area contributed by atoms with Crippen molar-refractivity contribution < 1.29 is 17.9 Å². The van der Waals surface area contributed by atoms with Crippen LogP contribution in [0.2, 0.25) is 10.2 Å². The molecule has 0 bridgehead atoms. The van der Waals surface area contributed by atoms with E-state index in [0.29, 0.717) is 52.6 Å². The number of anilines is 1. The van der Waals surface area contributed by atoms with E-state index in [1.165, 1.54) is 18.3 Å². The Labute approximate surface area is 221 Å². The second kappa shape index (κ2) is 9.45. The molecule has 1 aliphatic carbocycles. The van der Waals surface area contributed by atoms with E-state index < -0.39 is 11.7 Å². The molecule has 2 aliphatic rings. The van der Waals surface area contributed by atoms with Crippen molar-refractivity contribution in [1.82, 2.24) is 19.5 Å². The van der Waals surface area contributed by atoms with Crippen LogP contribution in [-0.2, 0) is 17.5 Å². The molecule has 0 radical (unpaired) electrons. The molecule has 0 amide bonds. The first-order valence-corrected chi connectivity index (χ1v) is 12.8. The summed E-state index contributed by atoms with van der Waals surface area (Å²) in [5.74, 6) is 0.718. The summed E-state index contributed by atoms with van der Waals surface area (Å²) in [5.41, 5.74) is 2.59. The molecule has 4 aromatic rings. The summed E-state index contributed by atoms with van der Waals surface area (Å²) >= 11 is 12.7. The first-order valence-electron chi connectivity index (χ1n) is 12.0. The number of aromatic nitrogens is 4. The van der Waals surface area contributed by atoms with E-state index in [2.05, 4.69) is 14.9 Å². The lowest BCUT2D eigenvalue weighted by Gasteiger charge is -2.38. The molecule has 2 unspecified atom stereocenters. The van der Waals surface area contributed by atoms with Crippen LogP contribution in [-0.4, -0.2) is 44.8 Å². The number of morpholine rings is 1. The average Bonchev–Trinajstić information content (AvgIpc) is 3.48. The topological polar surface area (TPSA) is 56.1 Å². The van der Waals surface area contributed by atoms with Gasteiger partial charge in [-0.25, -0.2) is 9.97 Å². The lowest BCUT2D eigenvalue weighted by molar-refractivity contribution is -0.137. The minimum Gasteiger partial charge on any atom is -0.374 e. The average molecular weight is 548 g/mol. The zero-order valence-corrected chi connectivity index (χ0v) is 21.1. The highest BCUT2D eigenvalue weighted by molar-refractivity contribution is 6.31. The van der Waals surface area contributed by atoms with Crippen LogP contribution in [0.4, 0.5) is 19.1 Å². The molecule has 1 saturated carbocycles. The van der Waals surface area contributed by atoms with Gasteiger partial charge in [0.1, 0.15) is 5.15 Å². The summed E-state index contributed by atoms with van der Waals surface area (Å²) in [5, 5.41) is 0.720. The Morgan fingerprint density at radius 2 is 1.84 bits per heavy atom. The van der Waals surface area contributed by atoms with Crippen LogP contribution in [0.25, 0.3) is 22.3 Å². The monoisotopic (exact) mass is 547 g/mol. The zero-order valence-electron chi connectivity index (χ0n) is 19.6. The largest absolute Gasteiger partial charge is 0.416 e. The highest BCUT2D eigenvalue weighted by atomic mass is 35.5. The minimum atomic E-state index is -4.40. The maximum Gasteiger partial charge on any atom is 0.416 e. The number of benzene rings is 1. The Morgan fingerprint density at radius 1 is 1.03 bits per heavy atom. The minimum absolute atomic E-state index is 0.131. The molecule has 6 nitrogen and oxygen atoms in total. The molecule has 192 valence electrons. The standard InChI is InChI=1S/C26H22Cl2F3N5O/c27-18-10-16(12-32-13-18)23-24-19(11-22(28)34-23)33-25(35-8-9-37-21-3-1-2-20(21)35)36(24)14-15-4-6-17(7-5-15)26(29,30)31/h4-7,10-13,20-21H,1-3,8-9,14H2. The molecule has 37 heavy (non-hydrogen) atoms. The lowest BCUT2D eigenvalue weighted by Crippen LogP contribution is -2.49. The number of hydrogen-bond donors (Lipinski definition) is 0. The summed E-state index contributed by atoms with van der Waals surface area (Å²) in [6, 6.07) is 8.85. The molecule has 3 aromatic heterocycles. The van der Waals surface area contributed by atoms with Gasteiger partial charge in [0.05, 0.1) is 52.6 Å². The van der Waals surface area contributed by atoms with Crippen molar-refractivity contribution in [3.8, 4) is 11.3 Å². The van der Waals surface area contributed by atoms with Gasteiger partial charge in [-0.05, 0) is 43.0 Å². The number of alkyl halides is 3. The van der Waals surface area contributed by atoms with Crippen LogP contribution >= 0.6 is 23.2 Å². The first kappa shape index (κ1) is 24.5. The SMILES string of the molecule is FC(F)(F)c1ccc(Cn2c(N3CCOC4CCCC43)nc3cc(Cl)nc(-c4cncc(Cl)c4)c32)cc1. The van der Waals surface area contributed by atoms with Gasteiger partial charge in [-0.1, -0.05) is 35.3 Å². The fraction of sp³-hybridized carbons (Fsp3) is 0.346. The van der Waals surface area contributed by atoms with Crippen molar-refractivity contribution >= 4 is 40.2 Å². The third kappa shape index (κ3) is 4.64. The smallest absolute Gasteiger partial charge is 0.374 e. The summed E-state index contributed by atoms with van der Waals surface area (Å²) in [6.07, 6.45) is 1.96. The van der Waals surface area contributed by atoms with E-state index in [0.717, 1.165) is 37.3 Å². The van der Waals surface area contributed by atoms with Crippen LogP contribution in [0.1, 0.15) is 30.4 Å². The normalized spacial score (nSPS) is 20.0. The number of hydrogen-bond acceptors (Lipinski definition) is 5. The molecule has 2 atom stereocenters.